The van der Waals surface area contributed by atoms with Crippen LogP contribution in [0.25, 0.3) is 0 Å². The fourth-order valence-corrected chi connectivity index (χ4v) is 3.56. The van der Waals surface area contributed by atoms with Crippen molar-refractivity contribution >= 4 is 29.4 Å². The zero-order chi connectivity index (χ0) is 15.8. The van der Waals surface area contributed by atoms with Crippen LogP contribution in [0, 0.1) is 6.92 Å². The molecule has 0 unspecified atom stereocenters. The Labute approximate surface area is 141 Å². The Hall–Kier alpha value is -1.39. The molecule has 0 aliphatic heterocycles. The van der Waals surface area contributed by atoms with Crippen LogP contribution < -0.4 is 5.32 Å². The second-order valence-electron chi connectivity index (χ2n) is 5.03. The summed E-state index contributed by atoms with van der Waals surface area (Å²) in [6.07, 6.45) is 0. The summed E-state index contributed by atoms with van der Waals surface area (Å²) >= 11 is 3.35. The number of nitrogens with one attached hydrogen (secondary N) is 1. The van der Waals surface area contributed by atoms with Crippen molar-refractivity contribution in [2.75, 3.05) is 12.3 Å². The molecule has 0 spiro atoms. The zero-order valence-corrected chi connectivity index (χ0v) is 14.5. The van der Waals surface area contributed by atoms with Crippen LogP contribution in [0.15, 0.2) is 64.4 Å². The lowest BCUT2D eigenvalue weighted by Crippen LogP contribution is -2.32. The number of hydrogen-bond donors (Lipinski definition) is 1. The lowest BCUT2D eigenvalue weighted by Gasteiger charge is -2.11. The number of hydrogen-bond acceptors (Lipinski definition) is 3. The van der Waals surface area contributed by atoms with E-state index in [-0.39, 0.29) is 11.2 Å². The highest BCUT2D eigenvalue weighted by Crippen LogP contribution is 2.22. The van der Waals surface area contributed by atoms with Crippen molar-refractivity contribution in [2.45, 2.75) is 28.9 Å². The van der Waals surface area contributed by atoms with E-state index >= 15 is 0 Å². The van der Waals surface area contributed by atoms with E-state index in [1.54, 1.807) is 23.5 Å². The molecule has 0 heterocycles. The second kappa shape index (κ2) is 8.91. The van der Waals surface area contributed by atoms with Crippen LogP contribution in [0.5, 0.6) is 0 Å². The van der Waals surface area contributed by atoms with Crippen molar-refractivity contribution in [3.63, 3.8) is 0 Å². The fourth-order valence-electron chi connectivity index (χ4n) is 1.88. The Balaban J connectivity index is 1.67. The molecule has 0 aromatic heterocycles. The van der Waals surface area contributed by atoms with Gasteiger partial charge in [-0.2, -0.15) is 0 Å². The minimum absolute atomic E-state index is 0.0771. The first-order valence-corrected chi connectivity index (χ1v) is 9.20. The molecule has 2 aromatic carbocycles. The summed E-state index contributed by atoms with van der Waals surface area (Å²) in [4.78, 5) is 14.4. The maximum Gasteiger partial charge on any atom is 0.233 e. The molecule has 22 heavy (non-hydrogen) atoms. The summed E-state index contributed by atoms with van der Waals surface area (Å²) in [6, 6.07) is 18.5. The predicted molar refractivity (Wildman–Crippen MR) is 96.7 cm³/mol. The average Bonchev–Trinajstić information content (AvgIpc) is 2.54. The first kappa shape index (κ1) is 17.0. The van der Waals surface area contributed by atoms with E-state index in [1.165, 1.54) is 10.5 Å². The van der Waals surface area contributed by atoms with Crippen LogP contribution in [-0.4, -0.2) is 23.5 Å². The van der Waals surface area contributed by atoms with Gasteiger partial charge in [-0.05, 0) is 38.1 Å². The van der Waals surface area contributed by atoms with Gasteiger partial charge in [0.25, 0.3) is 0 Å². The van der Waals surface area contributed by atoms with E-state index in [9.17, 15) is 4.79 Å². The van der Waals surface area contributed by atoms with Gasteiger partial charge in [-0.25, -0.2) is 0 Å². The number of aryl methyl sites for hydroxylation is 1. The summed E-state index contributed by atoms with van der Waals surface area (Å²) in [5.74, 6) is 0.982. The van der Waals surface area contributed by atoms with Gasteiger partial charge < -0.3 is 5.32 Å². The molecule has 4 heteroatoms. The molecule has 2 nitrogen and oxygen atoms in total. The van der Waals surface area contributed by atoms with Gasteiger partial charge in [-0.15, -0.1) is 23.5 Å². The molecule has 2 rings (SSSR count). The number of thioether (sulfide) groups is 2. The molecular weight excluding hydrogens is 310 g/mol. The Morgan fingerprint density at radius 3 is 2.41 bits per heavy atom. The van der Waals surface area contributed by atoms with Crippen molar-refractivity contribution in [1.29, 1.82) is 0 Å². The van der Waals surface area contributed by atoms with Gasteiger partial charge in [0.05, 0.1) is 5.25 Å². The molecular formula is C18H21NOS2. The number of amides is 1. The number of rotatable bonds is 7. The minimum Gasteiger partial charge on any atom is -0.354 e. The van der Waals surface area contributed by atoms with Gasteiger partial charge in [-0.3, -0.25) is 4.79 Å². The SMILES string of the molecule is Cc1ccc(SCCNC(=O)[C@@H](C)Sc2ccccc2)cc1. The van der Waals surface area contributed by atoms with Gasteiger partial charge in [0.2, 0.25) is 5.91 Å². The summed E-state index contributed by atoms with van der Waals surface area (Å²) in [5.41, 5.74) is 1.27. The Morgan fingerprint density at radius 2 is 1.73 bits per heavy atom. The molecule has 0 saturated heterocycles. The highest BCUT2D eigenvalue weighted by molar-refractivity contribution is 8.00. The molecule has 0 fully saturated rings. The van der Waals surface area contributed by atoms with Crippen LogP contribution in [0.1, 0.15) is 12.5 Å². The van der Waals surface area contributed by atoms with Gasteiger partial charge >= 0.3 is 0 Å². The van der Waals surface area contributed by atoms with Gasteiger partial charge in [0.15, 0.2) is 0 Å². The van der Waals surface area contributed by atoms with Crippen molar-refractivity contribution in [2.24, 2.45) is 0 Å². The van der Waals surface area contributed by atoms with E-state index < -0.39 is 0 Å². The smallest absolute Gasteiger partial charge is 0.233 e. The van der Waals surface area contributed by atoms with Gasteiger partial charge in [-0.1, -0.05) is 35.9 Å². The molecule has 2 aromatic rings. The minimum atomic E-state index is -0.0771. The highest BCUT2D eigenvalue weighted by atomic mass is 32.2. The average molecular weight is 332 g/mol. The van der Waals surface area contributed by atoms with Crippen LogP contribution in [-0.2, 0) is 4.79 Å². The first-order chi connectivity index (χ1) is 10.6. The zero-order valence-electron chi connectivity index (χ0n) is 12.9. The highest BCUT2D eigenvalue weighted by Gasteiger charge is 2.13. The van der Waals surface area contributed by atoms with Crippen LogP contribution in [0.3, 0.4) is 0 Å². The Kier molecular flexibility index (Phi) is 6.87. The predicted octanol–water partition coefficient (Wildman–Crippen LogP) is 4.38. The first-order valence-electron chi connectivity index (χ1n) is 7.34. The van der Waals surface area contributed by atoms with E-state index in [0.717, 1.165) is 10.6 Å². The Morgan fingerprint density at radius 1 is 1.05 bits per heavy atom. The number of carbonyl (C=O) groups excluding carboxylic acids is 1. The topological polar surface area (TPSA) is 29.1 Å². The summed E-state index contributed by atoms with van der Waals surface area (Å²) < 4.78 is 0. The van der Waals surface area contributed by atoms with Crippen LogP contribution in [0.4, 0.5) is 0 Å². The summed E-state index contributed by atoms with van der Waals surface area (Å²) in [5, 5.41) is 2.93. The van der Waals surface area contributed by atoms with Crippen LogP contribution >= 0.6 is 23.5 Å². The maximum absolute atomic E-state index is 12.1. The monoisotopic (exact) mass is 331 g/mol. The molecule has 0 bridgehead atoms. The third-order valence-corrected chi connectivity index (χ3v) is 5.24. The molecule has 1 amide bonds. The van der Waals surface area contributed by atoms with Gasteiger partial charge in [0, 0.05) is 22.1 Å². The maximum atomic E-state index is 12.1. The van der Waals surface area contributed by atoms with Crippen molar-refractivity contribution < 1.29 is 4.79 Å². The van der Waals surface area contributed by atoms with E-state index in [1.807, 2.05) is 37.3 Å². The third kappa shape index (κ3) is 5.78. The number of carbonyl (C=O) groups is 1. The molecule has 0 aliphatic rings. The van der Waals surface area contributed by atoms with E-state index in [0.29, 0.717) is 6.54 Å². The second-order valence-corrected chi connectivity index (χ2v) is 7.61. The molecule has 0 radical (unpaired) electrons. The van der Waals surface area contributed by atoms with Crippen LogP contribution in [0.2, 0.25) is 0 Å². The number of benzene rings is 2. The van der Waals surface area contributed by atoms with E-state index in [2.05, 4.69) is 36.5 Å². The standard InChI is InChI=1S/C18H21NOS2/c1-14-8-10-16(11-9-14)21-13-12-19-18(20)15(2)22-17-6-4-3-5-7-17/h3-11,15H,12-13H2,1-2H3,(H,19,20)/t15-/m1/s1. The molecule has 0 aliphatic carbocycles. The quantitative estimate of drug-likeness (QED) is 0.603. The largest absolute Gasteiger partial charge is 0.354 e. The fraction of sp³-hybridized carbons (Fsp3) is 0.278. The molecule has 116 valence electrons. The Bertz CT molecular complexity index is 584. The lowest BCUT2D eigenvalue weighted by molar-refractivity contribution is -0.120. The molecule has 1 atom stereocenters. The van der Waals surface area contributed by atoms with Crippen molar-refractivity contribution in [3.05, 3.63) is 60.2 Å². The van der Waals surface area contributed by atoms with E-state index in [4.69, 9.17) is 0 Å². The van der Waals surface area contributed by atoms with Crippen molar-refractivity contribution in [1.82, 2.24) is 5.32 Å². The van der Waals surface area contributed by atoms with Crippen molar-refractivity contribution in [3.8, 4) is 0 Å². The summed E-state index contributed by atoms with van der Waals surface area (Å²) in [6.45, 7) is 4.72. The third-order valence-electron chi connectivity index (χ3n) is 3.12. The van der Waals surface area contributed by atoms with Gasteiger partial charge in [0.1, 0.15) is 0 Å². The molecule has 0 saturated carbocycles. The molecule has 1 N–H and O–H groups in total. The lowest BCUT2D eigenvalue weighted by atomic mass is 10.2. The summed E-state index contributed by atoms with van der Waals surface area (Å²) in [7, 11) is 0. The normalized spacial score (nSPS) is 11.9.